The Morgan fingerprint density at radius 3 is 2.28 bits per heavy atom. The predicted octanol–water partition coefficient (Wildman–Crippen LogP) is -1.18. The molecular weight excluding hydrogens is 250 g/mol. The highest BCUT2D eigenvalue weighted by Crippen LogP contribution is 2.12. The molecule has 0 aromatic carbocycles. The molecule has 3 nitrogen and oxygen atoms in total. The maximum Gasteiger partial charge on any atom is 0.312 e. The summed E-state index contributed by atoms with van der Waals surface area (Å²) in [4.78, 5) is 10.8. The molecule has 3 N–H and O–H groups in total. The fourth-order valence-corrected chi connectivity index (χ4v) is 1.92. The number of carboxylic acids is 1. The third-order valence-corrected chi connectivity index (χ3v) is 3.07. The summed E-state index contributed by atoms with van der Waals surface area (Å²) in [5.41, 5.74) is 0. The minimum atomic E-state index is -0.683. The molecule has 0 aliphatic rings. The highest BCUT2D eigenvalue weighted by atomic mass is 35.5. The van der Waals surface area contributed by atoms with E-state index in [4.69, 9.17) is 5.11 Å². The van der Waals surface area contributed by atoms with Gasteiger partial charge in [0.25, 0.3) is 0 Å². The number of hydrogen-bond acceptors (Lipinski definition) is 1. The van der Waals surface area contributed by atoms with Crippen LogP contribution in [0.5, 0.6) is 0 Å². The predicted molar refractivity (Wildman–Crippen MR) is 70.8 cm³/mol. The van der Waals surface area contributed by atoms with Gasteiger partial charge in [-0.1, -0.05) is 19.1 Å². The highest BCUT2D eigenvalue weighted by molar-refractivity contribution is 5.69. The molecule has 0 heterocycles. The van der Waals surface area contributed by atoms with Crippen LogP contribution in [0.3, 0.4) is 0 Å². The maximum atomic E-state index is 10.8. The Morgan fingerprint density at radius 2 is 1.89 bits per heavy atom. The fourth-order valence-electron chi connectivity index (χ4n) is 1.92. The maximum absolute atomic E-state index is 10.8. The third-order valence-electron chi connectivity index (χ3n) is 3.07. The lowest BCUT2D eigenvalue weighted by atomic mass is 9.97. The number of rotatable bonds is 11. The van der Waals surface area contributed by atoms with Crippen molar-refractivity contribution in [2.24, 2.45) is 11.8 Å². The molecule has 0 radical (unpaired) electrons. The molecule has 0 saturated carbocycles. The zero-order valence-corrected chi connectivity index (χ0v) is 12.0. The number of halogens is 1. The van der Waals surface area contributed by atoms with Crippen LogP contribution in [0.15, 0.2) is 25.3 Å². The van der Waals surface area contributed by atoms with E-state index < -0.39 is 5.97 Å². The van der Waals surface area contributed by atoms with E-state index in [0.717, 1.165) is 25.8 Å². The molecule has 0 saturated heterocycles. The van der Waals surface area contributed by atoms with Gasteiger partial charge in [0.15, 0.2) is 0 Å². The van der Waals surface area contributed by atoms with Crippen LogP contribution in [0.2, 0.25) is 0 Å². The molecule has 1 unspecified atom stereocenters. The summed E-state index contributed by atoms with van der Waals surface area (Å²) in [7, 11) is 0. The van der Waals surface area contributed by atoms with Crippen LogP contribution >= 0.6 is 0 Å². The highest BCUT2D eigenvalue weighted by Gasteiger charge is 2.16. The van der Waals surface area contributed by atoms with E-state index in [2.05, 4.69) is 18.5 Å². The van der Waals surface area contributed by atoms with E-state index in [0.29, 0.717) is 18.9 Å². The normalized spacial score (nSPS) is 11.7. The minimum absolute atomic E-state index is 0. The Bertz CT molecular complexity index is 234. The second-order valence-corrected chi connectivity index (χ2v) is 4.46. The van der Waals surface area contributed by atoms with E-state index in [1.54, 1.807) is 0 Å². The first-order valence-electron chi connectivity index (χ1n) is 6.41. The van der Waals surface area contributed by atoms with Crippen molar-refractivity contribution in [3.05, 3.63) is 25.3 Å². The van der Waals surface area contributed by atoms with Gasteiger partial charge in [0.2, 0.25) is 0 Å². The summed E-state index contributed by atoms with van der Waals surface area (Å²) < 4.78 is 0. The largest absolute Gasteiger partial charge is 1.00 e. The molecule has 0 fully saturated rings. The summed E-state index contributed by atoms with van der Waals surface area (Å²) in [6.07, 6.45) is 7.70. The summed E-state index contributed by atoms with van der Waals surface area (Å²) in [6.45, 7) is 11.1. The van der Waals surface area contributed by atoms with Gasteiger partial charge in [-0.15, -0.1) is 13.2 Å². The Balaban J connectivity index is 0. The van der Waals surface area contributed by atoms with Crippen molar-refractivity contribution < 1.29 is 27.6 Å². The first-order chi connectivity index (χ1) is 8.15. The molecule has 106 valence electrons. The Kier molecular flexibility index (Phi) is 13.7. The first kappa shape index (κ1) is 19.5. The zero-order chi connectivity index (χ0) is 13.1. The smallest absolute Gasteiger partial charge is 0.312 e. The van der Waals surface area contributed by atoms with Gasteiger partial charge >= 0.3 is 5.97 Å². The lowest BCUT2D eigenvalue weighted by molar-refractivity contribution is -0.659. The molecule has 0 amide bonds. The Morgan fingerprint density at radius 1 is 1.33 bits per heavy atom. The SMILES string of the molecule is C=CCC(CC=C)CC[NH2+]CC(CC)C(=O)O.[Cl-]. The van der Waals surface area contributed by atoms with Crippen LogP contribution in [0, 0.1) is 11.8 Å². The fraction of sp³-hybridized carbons (Fsp3) is 0.643. The molecule has 0 spiro atoms. The molecule has 0 aromatic rings. The number of hydrogen-bond donors (Lipinski definition) is 2. The Labute approximate surface area is 117 Å². The van der Waals surface area contributed by atoms with Gasteiger partial charge in [-0.25, -0.2) is 0 Å². The molecule has 0 aliphatic heterocycles. The first-order valence-corrected chi connectivity index (χ1v) is 6.41. The van der Waals surface area contributed by atoms with Gasteiger partial charge in [-0.3, -0.25) is 4.79 Å². The number of aliphatic carboxylic acids is 1. The lowest BCUT2D eigenvalue weighted by Crippen LogP contribution is -3.00. The van der Waals surface area contributed by atoms with Gasteiger partial charge in [-0.2, -0.15) is 0 Å². The van der Waals surface area contributed by atoms with E-state index >= 15 is 0 Å². The summed E-state index contributed by atoms with van der Waals surface area (Å²) in [6, 6.07) is 0. The van der Waals surface area contributed by atoms with Gasteiger partial charge < -0.3 is 22.8 Å². The van der Waals surface area contributed by atoms with Gasteiger partial charge in [0.05, 0.1) is 13.1 Å². The van der Waals surface area contributed by atoms with Crippen molar-refractivity contribution in [2.45, 2.75) is 32.6 Å². The van der Waals surface area contributed by atoms with Crippen LogP contribution in [0.4, 0.5) is 0 Å². The van der Waals surface area contributed by atoms with Crippen LogP contribution in [0.25, 0.3) is 0 Å². The van der Waals surface area contributed by atoms with Crippen LogP contribution in [0.1, 0.15) is 32.6 Å². The van der Waals surface area contributed by atoms with Crippen LogP contribution < -0.4 is 17.7 Å². The average Bonchev–Trinajstić information content (AvgIpc) is 2.29. The van der Waals surface area contributed by atoms with Crippen LogP contribution in [-0.2, 0) is 4.79 Å². The summed E-state index contributed by atoms with van der Waals surface area (Å²) in [5, 5.41) is 11.0. The van der Waals surface area contributed by atoms with Gasteiger partial charge in [-0.05, 0) is 31.6 Å². The summed E-state index contributed by atoms with van der Waals surface area (Å²) in [5.74, 6) is -0.295. The molecule has 0 aliphatic carbocycles. The summed E-state index contributed by atoms with van der Waals surface area (Å²) >= 11 is 0. The number of allylic oxidation sites excluding steroid dienone is 2. The second-order valence-electron chi connectivity index (χ2n) is 4.46. The molecule has 0 bridgehead atoms. The van der Waals surface area contributed by atoms with E-state index in [1.807, 2.05) is 19.1 Å². The van der Waals surface area contributed by atoms with Crippen molar-refractivity contribution in [3.8, 4) is 0 Å². The quantitative estimate of drug-likeness (QED) is 0.369. The molecule has 4 heteroatoms. The van der Waals surface area contributed by atoms with E-state index in [9.17, 15) is 4.79 Å². The Hall–Kier alpha value is -0.800. The topological polar surface area (TPSA) is 53.9 Å². The third kappa shape index (κ3) is 9.25. The molecule has 0 rings (SSSR count). The zero-order valence-electron chi connectivity index (χ0n) is 11.3. The van der Waals surface area contributed by atoms with Crippen molar-refractivity contribution in [1.29, 1.82) is 0 Å². The standard InChI is InChI=1S/C14H25NO2.ClH/c1-4-7-12(8-5-2)9-10-15-11-13(6-3)14(16)17;/h4-5,12-13,15H,1-2,6-11H2,3H3,(H,16,17);1H. The van der Waals surface area contributed by atoms with Crippen molar-refractivity contribution in [1.82, 2.24) is 0 Å². The van der Waals surface area contributed by atoms with Crippen LogP contribution in [-0.4, -0.2) is 24.2 Å². The average molecular weight is 276 g/mol. The van der Waals surface area contributed by atoms with Crippen molar-refractivity contribution in [2.75, 3.05) is 13.1 Å². The molecule has 0 aromatic heterocycles. The van der Waals surface area contributed by atoms with Gasteiger partial charge in [0, 0.05) is 0 Å². The molecular formula is C14H26ClNO2. The monoisotopic (exact) mass is 275 g/mol. The lowest BCUT2D eigenvalue weighted by Gasteiger charge is -2.13. The van der Waals surface area contributed by atoms with Crippen molar-refractivity contribution in [3.63, 3.8) is 0 Å². The number of nitrogens with two attached hydrogens (primary N) is 1. The van der Waals surface area contributed by atoms with E-state index in [-0.39, 0.29) is 18.3 Å². The molecule has 1 atom stereocenters. The number of carboxylic acid groups (broad SMARTS) is 1. The number of carbonyl (C=O) groups is 1. The number of quaternary nitrogens is 1. The molecule has 18 heavy (non-hydrogen) atoms. The minimum Gasteiger partial charge on any atom is -1.00 e. The van der Waals surface area contributed by atoms with E-state index in [1.165, 1.54) is 0 Å². The second kappa shape index (κ2) is 12.7. The van der Waals surface area contributed by atoms with Gasteiger partial charge in [0.1, 0.15) is 5.92 Å². The van der Waals surface area contributed by atoms with Crippen molar-refractivity contribution >= 4 is 5.97 Å².